The molecule has 1 saturated carbocycles. The minimum atomic E-state index is -1.59. The van der Waals surface area contributed by atoms with E-state index in [0.717, 1.165) is 10.6 Å². The lowest BCUT2D eigenvalue weighted by molar-refractivity contribution is -0.141. The summed E-state index contributed by atoms with van der Waals surface area (Å²) >= 11 is 12.7. The number of amides is 4. The first-order valence-electron chi connectivity index (χ1n) is 17.7. The molecule has 0 aromatic heterocycles. The number of carboxylic acids is 1. The maximum absolute atomic E-state index is 15.3. The van der Waals surface area contributed by atoms with Gasteiger partial charge in [-0.05, 0) is 80.0 Å². The number of aliphatic carboxylic acids is 1. The number of hydrogen-bond acceptors (Lipinski definition) is 8. The molecule has 4 aliphatic rings. The van der Waals surface area contributed by atoms with Crippen LogP contribution in [0.2, 0.25) is 10.0 Å². The Hall–Kier alpha value is -4.87. The number of hydrazine groups is 1. The lowest BCUT2D eigenvalue weighted by atomic mass is 9.49. The number of aryl methyl sites for hydroxylation is 1. The van der Waals surface area contributed by atoms with Crippen molar-refractivity contribution in [3.8, 4) is 11.5 Å². The normalized spacial score (nSPS) is 26.3. The molecule has 3 aromatic rings. The van der Waals surface area contributed by atoms with Crippen LogP contribution >= 0.6 is 23.2 Å². The number of allylic oxidation sites excluding steroid dienone is 2. The molecule has 4 amide bonds. The number of hydrogen-bond donors (Lipinski definition) is 3. The molecule has 53 heavy (non-hydrogen) atoms. The number of nitrogens with one attached hydrogen (secondary N) is 1. The number of phenolic OH excluding ortho intramolecular Hbond substituents is 1. The molecule has 3 aromatic carbocycles. The third-order valence-corrected chi connectivity index (χ3v) is 12.1. The molecule has 0 spiro atoms. The standard InChI is InChI=1S/C40H39Cl2N3O8/c1-21-7-6-8-27(35(21)48)34-25-15-16-26-33(38(51)44(36(26)49)18-5-3-4-9-32(46)47)28(25)20-29-37(50)45(43-31-17-12-23(41)19-30(31)42)39(52)40(29,34)22-10-13-24(53-2)14-11-22/h6-8,10-15,17,19,26,28-29,33-34,43,48H,3-5,9,16,18,20H2,1-2H3,(H,46,47). The topological polar surface area (TPSA) is 154 Å². The van der Waals surface area contributed by atoms with Gasteiger partial charge in [-0.25, -0.2) is 0 Å². The molecule has 0 radical (unpaired) electrons. The van der Waals surface area contributed by atoms with Gasteiger partial charge in [0.1, 0.15) is 11.5 Å². The molecular formula is C40H39Cl2N3O8. The number of anilines is 1. The molecule has 6 unspecified atom stereocenters. The van der Waals surface area contributed by atoms with Gasteiger partial charge in [0.25, 0.3) is 11.8 Å². The number of para-hydroxylation sites is 1. The van der Waals surface area contributed by atoms with Crippen LogP contribution in [0.3, 0.4) is 0 Å². The molecule has 13 heteroatoms. The number of halogens is 2. The van der Waals surface area contributed by atoms with Crippen LogP contribution in [0.1, 0.15) is 61.1 Å². The predicted molar refractivity (Wildman–Crippen MR) is 196 cm³/mol. The molecule has 2 aliphatic heterocycles. The number of carboxylic acid groups (broad SMARTS) is 1. The van der Waals surface area contributed by atoms with Crippen LogP contribution in [0.5, 0.6) is 11.5 Å². The number of likely N-dealkylation sites (tertiary alicyclic amines) is 1. The highest BCUT2D eigenvalue weighted by Crippen LogP contribution is 2.65. The zero-order valence-corrected chi connectivity index (χ0v) is 30.7. The van der Waals surface area contributed by atoms with E-state index >= 15 is 4.79 Å². The number of methoxy groups -OCH3 is 1. The molecule has 3 N–H and O–H groups in total. The summed E-state index contributed by atoms with van der Waals surface area (Å²) in [5, 5.41) is 22.3. The molecule has 276 valence electrons. The lowest BCUT2D eigenvalue weighted by Crippen LogP contribution is -2.53. The Labute approximate surface area is 316 Å². The van der Waals surface area contributed by atoms with E-state index in [1.807, 2.05) is 6.08 Å². The van der Waals surface area contributed by atoms with Crippen molar-refractivity contribution in [3.63, 3.8) is 0 Å². The van der Waals surface area contributed by atoms with Crippen molar-refractivity contribution < 1.29 is 38.9 Å². The summed E-state index contributed by atoms with van der Waals surface area (Å²) in [6.45, 7) is 1.93. The molecule has 11 nitrogen and oxygen atoms in total. The SMILES string of the molecule is COc1ccc(C23C(=O)N(Nc4ccc(Cl)cc4Cl)C(=O)C2CC2C(=CCC4C(=O)N(CCCCCC(=O)O)C(=O)C42)C3c2cccc(C)c2O)cc1. The van der Waals surface area contributed by atoms with E-state index in [-0.39, 0.29) is 54.1 Å². The summed E-state index contributed by atoms with van der Waals surface area (Å²) in [5.74, 6) is -6.06. The fourth-order valence-electron chi connectivity index (χ4n) is 9.11. The van der Waals surface area contributed by atoms with Crippen molar-refractivity contribution in [1.82, 2.24) is 9.91 Å². The average Bonchev–Trinajstić information content (AvgIpc) is 3.50. The molecule has 2 heterocycles. The second kappa shape index (κ2) is 14.2. The Morgan fingerprint density at radius 1 is 0.962 bits per heavy atom. The maximum Gasteiger partial charge on any atom is 0.303 e. The van der Waals surface area contributed by atoms with Gasteiger partial charge in [0.05, 0.1) is 41.0 Å². The van der Waals surface area contributed by atoms with Gasteiger partial charge >= 0.3 is 5.97 Å². The van der Waals surface area contributed by atoms with E-state index < -0.39 is 52.8 Å². The molecular weight excluding hydrogens is 721 g/mol. The van der Waals surface area contributed by atoms with Crippen LogP contribution in [-0.2, 0) is 29.4 Å². The summed E-state index contributed by atoms with van der Waals surface area (Å²) in [6, 6.07) is 16.9. The van der Waals surface area contributed by atoms with E-state index in [4.69, 9.17) is 33.0 Å². The van der Waals surface area contributed by atoms with Gasteiger partial charge in [0, 0.05) is 29.5 Å². The fourth-order valence-corrected chi connectivity index (χ4v) is 9.56. The number of rotatable bonds is 11. The van der Waals surface area contributed by atoms with Crippen LogP contribution in [0.15, 0.2) is 72.3 Å². The number of imide groups is 2. The summed E-state index contributed by atoms with van der Waals surface area (Å²) in [5.41, 5.74) is 3.90. The van der Waals surface area contributed by atoms with Crippen LogP contribution in [0.25, 0.3) is 0 Å². The fraction of sp³-hybridized carbons (Fsp3) is 0.375. The van der Waals surface area contributed by atoms with Crippen molar-refractivity contribution >= 4 is 58.5 Å². The van der Waals surface area contributed by atoms with Crippen LogP contribution in [0, 0.1) is 30.6 Å². The van der Waals surface area contributed by atoms with Gasteiger partial charge in [-0.2, -0.15) is 5.01 Å². The first-order valence-corrected chi connectivity index (χ1v) is 18.5. The number of unbranched alkanes of at least 4 members (excludes halogenated alkanes) is 2. The van der Waals surface area contributed by atoms with Crippen LogP contribution in [-0.4, -0.2) is 63.4 Å². The van der Waals surface area contributed by atoms with Crippen molar-refractivity contribution in [2.75, 3.05) is 19.1 Å². The predicted octanol–water partition coefficient (Wildman–Crippen LogP) is 6.65. The zero-order chi connectivity index (χ0) is 37.8. The van der Waals surface area contributed by atoms with Crippen LogP contribution < -0.4 is 10.2 Å². The first-order chi connectivity index (χ1) is 25.4. The minimum Gasteiger partial charge on any atom is -0.507 e. The van der Waals surface area contributed by atoms with Crippen LogP contribution in [0.4, 0.5) is 5.69 Å². The number of phenols is 1. The highest BCUT2D eigenvalue weighted by atomic mass is 35.5. The quantitative estimate of drug-likeness (QED) is 0.111. The molecule has 2 aliphatic carbocycles. The number of fused-ring (bicyclic) bond motifs is 4. The third-order valence-electron chi connectivity index (χ3n) is 11.5. The smallest absolute Gasteiger partial charge is 0.303 e. The summed E-state index contributed by atoms with van der Waals surface area (Å²) in [7, 11) is 1.53. The third kappa shape index (κ3) is 5.94. The van der Waals surface area contributed by atoms with Gasteiger partial charge in [-0.15, -0.1) is 0 Å². The highest BCUT2D eigenvalue weighted by Gasteiger charge is 2.70. The van der Waals surface area contributed by atoms with E-state index in [0.29, 0.717) is 46.7 Å². The summed E-state index contributed by atoms with van der Waals surface area (Å²) in [6.07, 6.45) is 3.73. The van der Waals surface area contributed by atoms with Crippen molar-refractivity contribution in [1.29, 1.82) is 0 Å². The van der Waals surface area contributed by atoms with Gasteiger partial charge in [0.2, 0.25) is 11.8 Å². The highest BCUT2D eigenvalue weighted by molar-refractivity contribution is 6.36. The number of ether oxygens (including phenoxy) is 1. The number of carbonyl (C=O) groups is 5. The maximum atomic E-state index is 15.3. The van der Waals surface area contributed by atoms with E-state index in [9.17, 15) is 24.3 Å². The van der Waals surface area contributed by atoms with Crippen molar-refractivity contribution in [2.24, 2.45) is 23.7 Å². The second-order valence-corrected chi connectivity index (χ2v) is 15.1. The number of aromatic hydroxyl groups is 1. The largest absolute Gasteiger partial charge is 0.507 e. The lowest BCUT2D eigenvalue weighted by Gasteiger charge is -2.50. The van der Waals surface area contributed by atoms with E-state index in [2.05, 4.69) is 5.43 Å². The Balaban J connectivity index is 1.37. The van der Waals surface area contributed by atoms with Gasteiger partial charge in [-0.3, -0.25) is 34.3 Å². The van der Waals surface area contributed by atoms with E-state index in [1.54, 1.807) is 61.5 Å². The Kier molecular flexibility index (Phi) is 9.75. The Morgan fingerprint density at radius 3 is 2.42 bits per heavy atom. The summed E-state index contributed by atoms with van der Waals surface area (Å²) < 4.78 is 5.45. The first kappa shape index (κ1) is 36.5. The Morgan fingerprint density at radius 2 is 1.72 bits per heavy atom. The van der Waals surface area contributed by atoms with Gasteiger partial charge in [-0.1, -0.05) is 71.6 Å². The molecule has 7 rings (SSSR count). The number of nitrogens with zero attached hydrogens (tertiary/aromatic N) is 2. The van der Waals surface area contributed by atoms with Crippen molar-refractivity contribution in [2.45, 2.75) is 56.8 Å². The van der Waals surface area contributed by atoms with Crippen molar-refractivity contribution in [3.05, 3.63) is 99.0 Å². The molecule has 3 fully saturated rings. The van der Waals surface area contributed by atoms with E-state index in [1.165, 1.54) is 18.1 Å². The molecule has 0 bridgehead atoms. The molecule has 6 atom stereocenters. The monoisotopic (exact) mass is 759 g/mol. The zero-order valence-electron chi connectivity index (χ0n) is 29.2. The number of benzene rings is 3. The molecule has 2 saturated heterocycles. The van der Waals surface area contributed by atoms with Gasteiger partial charge < -0.3 is 14.9 Å². The van der Waals surface area contributed by atoms with Gasteiger partial charge in [0.15, 0.2) is 0 Å². The average molecular weight is 761 g/mol. The number of carbonyl (C=O) groups excluding carboxylic acids is 4. The Bertz CT molecular complexity index is 2050. The summed E-state index contributed by atoms with van der Waals surface area (Å²) in [4.78, 5) is 70.6. The minimum absolute atomic E-state index is 0.00979. The second-order valence-electron chi connectivity index (χ2n) is 14.3.